The van der Waals surface area contributed by atoms with Crippen molar-refractivity contribution in [2.24, 2.45) is 0 Å². The van der Waals surface area contributed by atoms with Crippen molar-refractivity contribution < 1.29 is 20.1 Å². The van der Waals surface area contributed by atoms with Gasteiger partial charge in [-0.1, -0.05) is 17.2 Å². The lowest BCUT2D eigenvalue weighted by Crippen LogP contribution is -2.57. The molecule has 0 radical (unpaired) electrons. The number of ketones is 1. The molecule has 0 aromatic rings. The maximum atomic E-state index is 12.0. The van der Waals surface area contributed by atoms with Gasteiger partial charge in [-0.05, 0) is 46.1 Å². The Morgan fingerprint density at radius 2 is 1.95 bits per heavy atom. The Morgan fingerprint density at radius 3 is 2.47 bits per heavy atom. The van der Waals surface area contributed by atoms with Crippen LogP contribution in [-0.2, 0) is 4.79 Å². The quantitative estimate of drug-likeness (QED) is 0.535. The van der Waals surface area contributed by atoms with Gasteiger partial charge in [0.25, 0.3) is 0 Å². The van der Waals surface area contributed by atoms with Crippen LogP contribution < -0.4 is 0 Å². The van der Waals surface area contributed by atoms with Crippen molar-refractivity contribution in [3.8, 4) is 0 Å². The Morgan fingerprint density at radius 1 is 1.37 bits per heavy atom. The van der Waals surface area contributed by atoms with Crippen LogP contribution >= 0.6 is 0 Å². The molecular weight excluding hydrogens is 244 g/mol. The van der Waals surface area contributed by atoms with Crippen molar-refractivity contribution in [1.82, 2.24) is 0 Å². The first-order valence-electron chi connectivity index (χ1n) is 6.62. The maximum absolute atomic E-state index is 12.0. The average molecular weight is 268 g/mol. The summed E-state index contributed by atoms with van der Waals surface area (Å²) in [5, 5.41) is 29.5. The van der Waals surface area contributed by atoms with Crippen LogP contribution in [-0.4, -0.2) is 38.9 Å². The summed E-state index contributed by atoms with van der Waals surface area (Å²) in [6.45, 7) is 7.15. The lowest BCUT2D eigenvalue weighted by atomic mass is 9.76. The Labute approximate surface area is 114 Å². The Kier molecular flexibility index (Phi) is 5.07. The van der Waals surface area contributed by atoms with Crippen LogP contribution in [0.1, 0.15) is 47.0 Å². The molecule has 0 aliphatic heterocycles. The van der Waals surface area contributed by atoms with Gasteiger partial charge in [-0.3, -0.25) is 4.79 Å². The van der Waals surface area contributed by atoms with E-state index in [1.165, 1.54) is 12.5 Å². The molecule has 3 atom stereocenters. The van der Waals surface area contributed by atoms with E-state index >= 15 is 0 Å². The predicted octanol–water partition coefficient (Wildman–Crippen LogP) is 1.49. The SMILES string of the molecule is CC(C)=CCC/C(C)=C1/C[C@@H](O)[C@](C)(O)[C@@H](O)C1=O. The van der Waals surface area contributed by atoms with Gasteiger partial charge in [-0.2, -0.15) is 0 Å². The van der Waals surface area contributed by atoms with Gasteiger partial charge in [-0.15, -0.1) is 0 Å². The maximum Gasteiger partial charge on any atom is 0.190 e. The molecule has 19 heavy (non-hydrogen) atoms. The first kappa shape index (κ1) is 16.1. The Balaban J connectivity index is 2.89. The molecule has 1 saturated carbocycles. The number of Topliss-reactive ketones (excluding diaryl/α,β-unsaturated/α-hetero) is 1. The van der Waals surface area contributed by atoms with Crippen LogP contribution in [0.5, 0.6) is 0 Å². The zero-order chi connectivity index (χ0) is 14.8. The highest BCUT2D eigenvalue weighted by Gasteiger charge is 2.48. The van der Waals surface area contributed by atoms with E-state index in [9.17, 15) is 20.1 Å². The molecule has 1 aliphatic rings. The number of carbonyl (C=O) groups is 1. The van der Waals surface area contributed by atoms with Crippen molar-refractivity contribution in [3.05, 3.63) is 22.8 Å². The van der Waals surface area contributed by atoms with Crippen molar-refractivity contribution >= 4 is 5.78 Å². The van der Waals surface area contributed by atoms with E-state index in [1.807, 2.05) is 20.8 Å². The van der Waals surface area contributed by atoms with E-state index < -0.39 is 23.6 Å². The van der Waals surface area contributed by atoms with Gasteiger partial charge < -0.3 is 15.3 Å². The van der Waals surface area contributed by atoms with Crippen LogP contribution in [0.3, 0.4) is 0 Å². The van der Waals surface area contributed by atoms with E-state index in [4.69, 9.17) is 0 Å². The molecule has 0 bridgehead atoms. The number of rotatable bonds is 3. The third kappa shape index (κ3) is 3.53. The van der Waals surface area contributed by atoms with Gasteiger partial charge in [0.05, 0.1) is 6.10 Å². The second-order valence-corrected chi connectivity index (χ2v) is 5.79. The third-order valence-corrected chi connectivity index (χ3v) is 3.76. The van der Waals surface area contributed by atoms with E-state index in [0.717, 1.165) is 12.0 Å². The molecule has 0 saturated heterocycles. The summed E-state index contributed by atoms with van der Waals surface area (Å²) in [7, 11) is 0. The van der Waals surface area contributed by atoms with Gasteiger partial charge in [0.15, 0.2) is 5.78 Å². The monoisotopic (exact) mass is 268 g/mol. The minimum atomic E-state index is -1.76. The molecule has 0 unspecified atom stereocenters. The standard InChI is InChI=1S/C15H24O4/c1-9(2)6-5-7-10(3)11-8-12(16)15(4,19)14(18)13(11)17/h6,12,14,16,18-19H,5,7-8H2,1-4H3/b11-10-/t12-,14+,15+/m1/s1. The summed E-state index contributed by atoms with van der Waals surface area (Å²) in [6.07, 6.45) is 1.06. The zero-order valence-electron chi connectivity index (χ0n) is 12.1. The summed E-state index contributed by atoms with van der Waals surface area (Å²) < 4.78 is 0. The van der Waals surface area contributed by atoms with Crippen LogP contribution in [0.25, 0.3) is 0 Å². The fraction of sp³-hybridized carbons (Fsp3) is 0.667. The molecule has 4 nitrogen and oxygen atoms in total. The van der Waals surface area contributed by atoms with E-state index in [0.29, 0.717) is 12.0 Å². The van der Waals surface area contributed by atoms with Crippen LogP contribution in [0, 0.1) is 0 Å². The summed E-state index contributed by atoms with van der Waals surface area (Å²) in [4.78, 5) is 12.0. The van der Waals surface area contributed by atoms with Gasteiger partial charge in [-0.25, -0.2) is 0 Å². The van der Waals surface area contributed by atoms with Crippen molar-refractivity contribution in [1.29, 1.82) is 0 Å². The van der Waals surface area contributed by atoms with Crippen LogP contribution in [0.2, 0.25) is 0 Å². The molecule has 0 spiro atoms. The number of hydrogen-bond acceptors (Lipinski definition) is 4. The molecule has 0 heterocycles. The lowest BCUT2D eigenvalue weighted by Gasteiger charge is -2.38. The molecule has 4 heteroatoms. The van der Waals surface area contributed by atoms with E-state index in [1.54, 1.807) is 0 Å². The number of hydrogen-bond donors (Lipinski definition) is 3. The summed E-state index contributed by atoms with van der Waals surface area (Å²) in [5.41, 5.74) is 0.779. The van der Waals surface area contributed by atoms with Crippen LogP contribution in [0.4, 0.5) is 0 Å². The lowest BCUT2D eigenvalue weighted by molar-refractivity contribution is -0.164. The topological polar surface area (TPSA) is 77.8 Å². The molecule has 0 aromatic heterocycles. The highest BCUT2D eigenvalue weighted by molar-refractivity contribution is 6.01. The molecule has 0 aromatic carbocycles. The highest BCUT2D eigenvalue weighted by atomic mass is 16.4. The molecule has 1 aliphatic carbocycles. The minimum absolute atomic E-state index is 0.101. The smallest absolute Gasteiger partial charge is 0.190 e. The van der Waals surface area contributed by atoms with Crippen LogP contribution in [0.15, 0.2) is 22.8 Å². The van der Waals surface area contributed by atoms with Gasteiger partial charge >= 0.3 is 0 Å². The second-order valence-electron chi connectivity index (χ2n) is 5.79. The van der Waals surface area contributed by atoms with E-state index in [-0.39, 0.29) is 6.42 Å². The summed E-state index contributed by atoms with van der Waals surface area (Å²) >= 11 is 0. The van der Waals surface area contributed by atoms with Crippen molar-refractivity contribution in [2.45, 2.75) is 64.8 Å². The molecule has 3 N–H and O–H groups in total. The summed E-state index contributed by atoms with van der Waals surface area (Å²) in [5.74, 6) is -0.468. The third-order valence-electron chi connectivity index (χ3n) is 3.76. The first-order valence-corrected chi connectivity index (χ1v) is 6.62. The molecular formula is C15H24O4. The fourth-order valence-electron chi connectivity index (χ4n) is 2.23. The van der Waals surface area contributed by atoms with Gasteiger partial charge in [0, 0.05) is 6.42 Å². The second kappa shape index (κ2) is 5.99. The van der Waals surface area contributed by atoms with Gasteiger partial charge in [0.2, 0.25) is 0 Å². The number of carbonyl (C=O) groups excluding carboxylic acids is 1. The zero-order valence-corrected chi connectivity index (χ0v) is 12.1. The Bertz CT molecular complexity index is 414. The fourth-order valence-corrected chi connectivity index (χ4v) is 2.23. The molecule has 1 fully saturated rings. The molecule has 0 amide bonds. The first-order chi connectivity index (χ1) is 8.67. The molecule has 108 valence electrons. The largest absolute Gasteiger partial charge is 0.390 e. The predicted molar refractivity (Wildman–Crippen MR) is 73.6 cm³/mol. The minimum Gasteiger partial charge on any atom is -0.390 e. The molecule has 1 rings (SSSR count). The average Bonchev–Trinajstić information content (AvgIpc) is 2.31. The summed E-state index contributed by atoms with van der Waals surface area (Å²) in [6, 6.07) is 0. The number of aliphatic hydroxyl groups is 3. The Hall–Kier alpha value is -0.970. The van der Waals surface area contributed by atoms with Gasteiger partial charge in [0.1, 0.15) is 11.7 Å². The van der Waals surface area contributed by atoms with Crippen molar-refractivity contribution in [2.75, 3.05) is 0 Å². The number of allylic oxidation sites excluding steroid dienone is 3. The number of aliphatic hydroxyl groups excluding tert-OH is 2. The van der Waals surface area contributed by atoms with E-state index in [2.05, 4.69) is 6.08 Å². The normalized spacial score (nSPS) is 34.2. The van der Waals surface area contributed by atoms with Crippen molar-refractivity contribution in [3.63, 3.8) is 0 Å². The highest BCUT2D eigenvalue weighted by Crippen LogP contribution is 2.32.